The lowest BCUT2D eigenvalue weighted by Gasteiger charge is -2.12. The van der Waals surface area contributed by atoms with Crippen molar-refractivity contribution in [1.82, 2.24) is 0 Å². The van der Waals surface area contributed by atoms with Crippen molar-refractivity contribution < 1.29 is 13.6 Å². The second-order valence-corrected chi connectivity index (χ2v) is 6.11. The molecule has 0 fully saturated rings. The van der Waals surface area contributed by atoms with Crippen molar-refractivity contribution in [3.05, 3.63) is 59.7 Å². The molecular formula is C16H15F2NOS. The van der Waals surface area contributed by atoms with E-state index >= 15 is 0 Å². The number of amides is 1. The number of anilines is 1. The highest BCUT2D eigenvalue weighted by molar-refractivity contribution is 8.00. The Hall–Kier alpha value is -1.88. The van der Waals surface area contributed by atoms with Crippen LogP contribution in [0.15, 0.2) is 47.4 Å². The van der Waals surface area contributed by atoms with E-state index in [1.165, 1.54) is 17.8 Å². The van der Waals surface area contributed by atoms with Crippen LogP contribution >= 0.6 is 11.8 Å². The maximum absolute atomic E-state index is 13.1. The molecule has 1 atom stereocenters. The van der Waals surface area contributed by atoms with Gasteiger partial charge in [0.25, 0.3) is 0 Å². The Morgan fingerprint density at radius 3 is 2.57 bits per heavy atom. The first-order chi connectivity index (χ1) is 9.95. The predicted molar refractivity (Wildman–Crippen MR) is 81.5 cm³/mol. The van der Waals surface area contributed by atoms with Crippen LogP contribution in [0.2, 0.25) is 0 Å². The number of thioether (sulfide) groups is 1. The Labute approximate surface area is 126 Å². The highest BCUT2D eigenvalue weighted by Gasteiger charge is 2.15. The average molecular weight is 307 g/mol. The number of nitrogens with one attached hydrogen (secondary N) is 1. The highest BCUT2D eigenvalue weighted by atomic mass is 32.2. The van der Waals surface area contributed by atoms with Crippen LogP contribution in [-0.2, 0) is 4.79 Å². The van der Waals surface area contributed by atoms with Gasteiger partial charge in [0.2, 0.25) is 5.91 Å². The van der Waals surface area contributed by atoms with Gasteiger partial charge in [-0.25, -0.2) is 8.78 Å². The minimum atomic E-state index is -0.911. The van der Waals surface area contributed by atoms with Gasteiger partial charge in [-0.3, -0.25) is 4.79 Å². The molecule has 1 N–H and O–H groups in total. The van der Waals surface area contributed by atoms with Gasteiger partial charge >= 0.3 is 0 Å². The number of benzene rings is 2. The van der Waals surface area contributed by atoms with Gasteiger partial charge in [-0.2, -0.15) is 0 Å². The van der Waals surface area contributed by atoms with Crippen LogP contribution in [0.4, 0.5) is 14.5 Å². The van der Waals surface area contributed by atoms with E-state index in [9.17, 15) is 13.6 Å². The third kappa shape index (κ3) is 4.29. The Bertz CT molecular complexity index is 660. The fraction of sp³-hybridized carbons (Fsp3) is 0.188. The number of aryl methyl sites for hydroxylation is 1. The molecule has 0 radical (unpaired) electrons. The summed E-state index contributed by atoms with van der Waals surface area (Å²) in [6.07, 6.45) is 0. The fourth-order valence-corrected chi connectivity index (χ4v) is 2.67. The smallest absolute Gasteiger partial charge is 0.237 e. The van der Waals surface area contributed by atoms with Crippen LogP contribution < -0.4 is 5.32 Å². The van der Waals surface area contributed by atoms with Crippen LogP contribution in [0.5, 0.6) is 0 Å². The molecule has 0 unspecified atom stereocenters. The molecule has 2 rings (SSSR count). The Kier molecular flexibility index (Phi) is 4.96. The normalized spacial score (nSPS) is 12.0. The lowest BCUT2D eigenvalue weighted by molar-refractivity contribution is -0.115. The minimum absolute atomic E-state index is 0.185. The van der Waals surface area contributed by atoms with E-state index in [4.69, 9.17) is 0 Å². The number of hydrogen-bond acceptors (Lipinski definition) is 2. The molecule has 2 aromatic carbocycles. The summed E-state index contributed by atoms with van der Waals surface area (Å²) in [5.41, 5.74) is 1.77. The number of carbonyl (C=O) groups is 1. The van der Waals surface area contributed by atoms with E-state index in [0.29, 0.717) is 4.90 Å². The molecule has 0 aliphatic heterocycles. The van der Waals surface area contributed by atoms with Gasteiger partial charge in [-0.1, -0.05) is 12.1 Å². The van der Waals surface area contributed by atoms with E-state index in [0.717, 1.165) is 23.4 Å². The van der Waals surface area contributed by atoms with E-state index < -0.39 is 16.9 Å². The maximum Gasteiger partial charge on any atom is 0.237 e. The van der Waals surface area contributed by atoms with Gasteiger partial charge in [0.15, 0.2) is 11.6 Å². The van der Waals surface area contributed by atoms with E-state index in [-0.39, 0.29) is 5.91 Å². The summed E-state index contributed by atoms with van der Waals surface area (Å²) in [6.45, 7) is 3.66. The predicted octanol–water partition coefficient (Wildman–Crippen LogP) is 4.39. The zero-order valence-electron chi connectivity index (χ0n) is 11.7. The van der Waals surface area contributed by atoms with Crippen molar-refractivity contribution in [1.29, 1.82) is 0 Å². The van der Waals surface area contributed by atoms with Gasteiger partial charge in [0.1, 0.15) is 0 Å². The Balaban J connectivity index is 2.00. The Morgan fingerprint density at radius 2 is 1.90 bits per heavy atom. The zero-order valence-corrected chi connectivity index (χ0v) is 12.5. The third-order valence-electron chi connectivity index (χ3n) is 2.86. The summed E-state index contributed by atoms with van der Waals surface area (Å²) in [5.74, 6) is -1.99. The van der Waals surface area contributed by atoms with E-state index in [1.807, 2.05) is 25.1 Å². The van der Waals surface area contributed by atoms with E-state index in [2.05, 4.69) is 5.32 Å². The molecule has 0 spiro atoms. The average Bonchev–Trinajstić information content (AvgIpc) is 2.43. The lowest BCUT2D eigenvalue weighted by Crippen LogP contribution is -2.22. The van der Waals surface area contributed by atoms with Crippen LogP contribution in [0.3, 0.4) is 0 Å². The van der Waals surface area contributed by atoms with Gasteiger partial charge in [-0.15, -0.1) is 11.8 Å². The van der Waals surface area contributed by atoms with Crippen molar-refractivity contribution in [3.8, 4) is 0 Å². The second-order valence-electron chi connectivity index (χ2n) is 4.69. The first-order valence-corrected chi connectivity index (χ1v) is 7.33. The van der Waals surface area contributed by atoms with Crippen LogP contribution in [-0.4, -0.2) is 11.2 Å². The first kappa shape index (κ1) is 15.5. The summed E-state index contributed by atoms with van der Waals surface area (Å²) in [4.78, 5) is 12.6. The standard InChI is InChI=1S/C16H15F2NOS/c1-10-4-3-5-12(8-10)19-16(20)11(2)21-13-6-7-14(17)15(18)9-13/h3-9,11H,1-2H3,(H,19,20)/t11-/m1/s1. The lowest BCUT2D eigenvalue weighted by atomic mass is 10.2. The van der Waals surface area contributed by atoms with Crippen LogP contribution in [0, 0.1) is 18.6 Å². The molecule has 0 saturated heterocycles. The fourth-order valence-electron chi connectivity index (χ4n) is 1.77. The van der Waals surface area contributed by atoms with E-state index in [1.54, 1.807) is 13.0 Å². The molecule has 110 valence electrons. The van der Waals surface area contributed by atoms with Crippen molar-refractivity contribution in [2.24, 2.45) is 0 Å². The third-order valence-corrected chi connectivity index (χ3v) is 3.95. The van der Waals surface area contributed by atoms with Crippen molar-refractivity contribution in [2.45, 2.75) is 24.0 Å². The summed E-state index contributed by atoms with van der Waals surface area (Å²) in [5, 5.41) is 2.38. The number of rotatable bonds is 4. The summed E-state index contributed by atoms with van der Waals surface area (Å²) in [7, 11) is 0. The molecule has 0 aliphatic rings. The van der Waals surface area contributed by atoms with Crippen molar-refractivity contribution in [3.63, 3.8) is 0 Å². The first-order valence-electron chi connectivity index (χ1n) is 6.45. The zero-order chi connectivity index (χ0) is 15.4. The SMILES string of the molecule is Cc1cccc(NC(=O)[C@@H](C)Sc2ccc(F)c(F)c2)c1. The topological polar surface area (TPSA) is 29.1 Å². The van der Waals surface area contributed by atoms with Crippen LogP contribution in [0.25, 0.3) is 0 Å². The molecule has 2 aromatic rings. The van der Waals surface area contributed by atoms with Crippen molar-refractivity contribution >= 4 is 23.4 Å². The minimum Gasteiger partial charge on any atom is -0.325 e. The largest absolute Gasteiger partial charge is 0.325 e. The molecule has 2 nitrogen and oxygen atoms in total. The van der Waals surface area contributed by atoms with Gasteiger partial charge < -0.3 is 5.32 Å². The monoisotopic (exact) mass is 307 g/mol. The van der Waals surface area contributed by atoms with Gasteiger partial charge in [-0.05, 0) is 49.7 Å². The molecular weight excluding hydrogens is 292 g/mol. The van der Waals surface area contributed by atoms with Crippen molar-refractivity contribution in [2.75, 3.05) is 5.32 Å². The second kappa shape index (κ2) is 6.72. The molecule has 21 heavy (non-hydrogen) atoms. The number of halogens is 2. The molecule has 0 bridgehead atoms. The quantitative estimate of drug-likeness (QED) is 0.849. The van der Waals surface area contributed by atoms with Gasteiger partial charge in [0.05, 0.1) is 5.25 Å². The molecule has 0 aromatic heterocycles. The summed E-state index contributed by atoms with van der Waals surface area (Å²) < 4.78 is 26.0. The van der Waals surface area contributed by atoms with Gasteiger partial charge in [0, 0.05) is 10.6 Å². The summed E-state index contributed by atoms with van der Waals surface area (Å²) in [6, 6.07) is 11.1. The molecule has 5 heteroatoms. The number of hydrogen-bond donors (Lipinski definition) is 1. The van der Waals surface area contributed by atoms with Crippen LogP contribution in [0.1, 0.15) is 12.5 Å². The summed E-state index contributed by atoms with van der Waals surface area (Å²) >= 11 is 1.18. The maximum atomic E-state index is 13.1. The highest BCUT2D eigenvalue weighted by Crippen LogP contribution is 2.25. The Morgan fingerprint density at radius 1 is 1.14 bits per heavy atom. The number of carbonyl (C=O) groups excluding carboxylic acids is 1. The molecule has 1 amide bonds. The molecule has 0 heterocycles. The molecule has 0 aliphatic carbocycles. The molecule has 0 saturated carbocycles.